The van der Waals surface area contributed by atoms with Gasteiger partial charge in [-0.05, 0) is 34.5 Å². The first-order chi connectivity index (χ1) is 13.8. The van der Waals surface area contributed by atoms with Crippen molar-refractivity contribution in [2.45, 2.75) is 0 Å². The lowest BCUT2D eigenvalue weighted by atomic mass is 9.99. The third-order valence-electron chi connectivity index (χ3n) is 4.69. The van der Waals surface area contributed by atoms with Gasteiger partial charge in [0.1, 0.15) is 5.82 Å². The number of anilines is 2. The Hall–Kier alpha value is -4.07. The number of fused-ring (bicyclic) bond motifs is 1. The first-order valence-corrected chi connectivity index (χ1v) is 8.77. The minimum atomic E-state index is 0.578. The van der Waals surface area contributed by atoms with E-state index in [2.05, 4.69) is 65.9 Å². The van der Waals surface area contributed by atoms with E-state index in [0.29, 0.717) is 5.82 Å². The molecule has 5 rings (SSSR count). The van der Waals surface area contributed by atoms with Crippen molar-refractivity contribution in [3.63, 3.8) is 0 Å². The normalized spacial score (nSPS) is 11.0. The molecule has 0 amide bonds. The number of benzene rings is 2. The summed E-state index contributed by atoms with van der Waals surface area (Å²) >= 11 is 0. The molecule has 0 saturated heterocycles. The molecule has 0 aliphatic rings. The van der Waals surface area contributed by atoms with Gasteiger partial charge in [0.15, 0.2) is 5.65 Å². The molecule has 8 nitrogen and oxygen atoms in total. The average Bonchev–Trinajstić information content (AvgIpc) is 3.45. The van der Waals surface area contributed by atoms with E-state index in [1.807, 2.05) is 41.9 Å². The first kappa shape index (κ1) is 16.1. The summed E-state index contributed by atoms with van der Waals surface area (Å²) in [5, 5.41) is 18.8. The Bertz CT molecular complexity index is 1220. The highest BCUT2D eigenvalue weighted by atomic mass is 15.5. The van der Waals surface area contributed by atoms with Crippen molar-refractivity contribution in [1.29, 1.82) is 0 Å². The van der Waals surface area contributed by atoms with Gasteiger partial charge in [0, 0.05) is 30.6 Å². The summed E-state index contributed by atoms with van der Waals surface area (Å²) < 4.78 is 1.82. The Morgan fingerprint density at radius 2 is 1.71 bits per heavy atom. The molecular weight excluding hydrogens is 352 g/mol. The maximum absolute atomic E-state index is 4.36. The smallest absolute Gasteiger partial charge is 0.205 e. The van der Waals surface area contributed by atoms with Crippen LogP contribution in [0.5, 0.6) is 0 Å². The summed E-state index contributed by atoms with van der Waals surface area (Å²) in [5.41, 5.74) is 4.93. The summed E-state index contributed by atoms with van der Waals surface area (Å²) in [5.74, 6) is 1.52. The summed E-state index contributed by atoms with van der Waals surface area (Å²) in [6.07, 6.45) is 3.54. The van der Waals surface area contributed by atoms with Crippen molar-refractivity contribution in [3.05, 3.63) is 73.1 Å². The van der Waals surface area contributed by atoms with Crippen molar-refractivity contribution in [2.75, 3.05) is 11.9 Å². The number of hydrogen-bond donors (Lipinski definition) is 1. The Kier molecular flexibility index (Phi) is 3.79. The lowest BCUT2D eigenvalue weighted by Gasteiger charge is -2.20. The average molecular weight is 368 g/mol. The third-order valence-corrected chi connectivity index (χ3v) is 4.69. The van der Waals surface area contributed by atoms with Crippen molar-refractivity contribution in [2.24, 2.45) is 0 Å². The second-order valence-electron chi connectivity index (χ2n) is 6.29. The van der Waals surface area contributed by atoms with E-state index >= 15 is 0 Å². The molecule has 28 heavy (non-hydrogen) atoms. The van der Waals surface area contributed by atoms with Gasteiger partial charge in [0.25, 0.3) is 0 Å². The molecule has 0 atom stereocenters. The molecule has 8 heteroatoms. The number of H-pyrrole nitrogens is 1. The fraction of sp³-hybridized carbons (Fsp3) is 0.0500. The molecule has 0 unspecified atom stereocenters. The van der Waals surface area contributed by atoms with Gasteiger partial charge in [-0.15, -0.1) is 10.2 Å². The molecule has 136 valence electrons. The van der Waals surface area contributed by atoms with E-state index in [9.17, 15) is 0 Å². The standard InChI is InChI=1S/C20H16N8/c1-27(19-11-12-21-18-10-13-22-28(18)19)15-8-6-14(7-9-15)16-4-2-3-5-17(16)20-23-25-26-24-20/h2-13H,1H3,(H,23,24,25,26). The van der Waals surface area contributed by atoms with Crippen LogP contribution in [0, 0.1) is 0 Å². The van der Waals surface area contributed by atoms with Crippen molar-refractivity contribution >= 4 is 17.2 Å². The van der Waals surface area contributed by atoms with E-state index in [1.54, 1.807) is 12.4 Å². The van der Waals surface area contributed by atoms with Gasteiger partial charge in [0.2, 0.25) is 5.82 Å². The Morgan fingerprint density at radius 1 is 0.893 bits per heavy atom. The molecule has 0 spiro atoms. The van der Waals surface area contributed by atoms with E-state index in [1.165, 1.54) is 0 Å². The minimum Gasteiger partial charge on any atom is -0.329 e. The van der Waals surface area contributed by atoms with Gasteiger partial charge in [-0.1, -0.05) is 36.4 Å². The Balaban J connectivity index is 1.51. The van der Waals surface area contributed by atoms with Gasteiger partial charge >= 0.3 is 0 Å². The number of nitrogens with one attached hydrogen (secondary N) is 1. The van der Waals surface area contributed by atoms with Crippen LogP contribution in [0.4, 0.5) is 11.5 Å². The van der Waals surface area contributed by atoms with Crippen LogP contribution in [0.1, 0.15) is 0 Å². The summed E-state index contributed by atoms with van der Waals surface area (Å²) in [6, 6.07) is 20.2. The molecule has 0 aliphatic carbocycles. The number of rotatable bonds is 4. The van der Waals surface area contributed by atoms with Gasteiger partial charge in [-0.2, -0.15) is 14.8 Å². The van der Waals surface area contributed by atoms with Gasteiger partial charge in [0.05, 0.1) is 6.20 Å². The van der Waals surface area contributed by atoms with E-state index in [4.69, 9.17) is 0 Å². The number of aromatic nitrogens is 7. The lowest BCUT2D eigenvalue weighted by molar-refractivity contribution is 0.881. The van der Waals surface area contributed by atoms with Crippen LogP contribution < -0.4 is 4.90 Å². The second-order valence-corrected chi connectivity index (χ2v) is 6.29. The molecule has 1 N–H and O–H groups in total. The molecule has 2 aromatic carbocycles. The predicted molar refractivity (Wildman–Crippen MR) is 106 cm³/mol. The maximum Gasteiger partial charge on any atom is 0.205 e. The number of nitrogens with zero attached hydrogens (tertiary/aromatic N) is 7. The molecule has 0 fully saturated rings. The quantitative estimate of drug-likeness (QED) is 0.523. The Labute approximate surface area is 160 Å². The van der Waals surface area contributed by atoms with Crippen LogP contribution in [-0.4, -0.2) is 42.3 Å². The van der Waals surface area contributed by atoms with Crippen LogP contribution in [0.3, 0.4) is 0 Å². The predicted octanol–water partition coefficient (Wildman–Crippen LogP) is 3.34. The van der Waals surface area contributed by atoms with Gasteiger partial charge in [-0.25, -0.2) is 4.98 Å². The first-order valence-electron chi connectivity index (χ1n) is 8.77. The molecule has 3 aromatic heterocycles. The number of tetrazole rings is 1. The molecule has 0 radical (unpaired) electrons. The summed E-state index contributed by atoms with van der Waals surface area (Å²) in [7, 11) is 2.01. The third kappa shape index (κ3) is 2.67. The number of hydrogen-bond acceptors (Lipinski definition) is 6. The topological polar surface area (TPSA) is 87.9 Å². The summed E-state index contributed by atoms with van der Waals surface area (Å²) in [6.45, 7) is 0. The monoisotopic (exact) mass is 368 g/mol. The summed E-state index contributed by atoms with van der Waals surface area (Å²) in [4.78, 5) is 6.40. The van der Waals surface area contributed by atoms with Crippen molar-refractivity contribution in [3.8, 4) is 22.5 Å². The SMILES string of the molecule is CN(c1ccc(-c2ccccc2-c2nn[nH]n2)cc1)c1ccnc2ccnn12. The molecule has 0 bridgehead atoms. The highest BCUT2D eigenvalue weighted by Crippen LogP contribution is 2.32. The zero-order chi connectivity index (χ0) is 18.9. The zero-order valence-corrected chi connectivity index (χ0v) is 15.1. The highest BCUT2D eigenvalue weighted by molar-refractivity contribution is 5.81. The highest BCUT2D eigenvalue weighted by Gasteiger charge is 2.12. The molecular formula is C20H16N8. The van der Waals surface area contributed by atoms with E-state index < -0.39 is 0 Å². The zero-order valence-electron chi connectivity index (χ0n) is 15.1. The van der Waals surface area contributed by atoms with Gasteiger partial charge in [-0.3, -0.25) is 0 Å². The van der Waals surface area contributed by atoms with Crippen molar-refractivity contribution < 1.29 is 0 Å². The Morgan fingerprint density at radius 3 is 2.50 bits per heavy atom. The van der Waals surface area contributed by atoms with Crippen LogP contribution in [0.15, 0.2) is 73.1 Å². The molecule has 0 saturated carbocycles. The second kappa shape index (κ2) is 6.58. The van der Waals surface area contributed by atoms with Crippen molar-refractivity contribution in [1.82, 2.24) is 35.2 Å². The largest absolute Gasteiger partial charge is 0.329 e. The fourth-order valence-electron chi connectivity index (χ4n) is 3.28. The lowest BCUT2D eigenvalue weighted by Crippen LogP contribution is -2.14. The number of aromatic amines is 1. The van der Waals surface area contributed by atoms with Crippen LogP contribution in [-0.2, 0) is 0 Å². The minimum absolute atomic E-state index is 0.578. The molecule has 0 aliphatic heterocycles. The molecule has 3 heterocycles. The maximum atomic E-state index is 4.36. The van der Waals surface area contributed by atoms with Crippen LogP contribution in [0.2, 0.25) is 0 Å². The van der Waals surface area contributed by atoms with Crippen LogP contribution >= 0.6 is 0 Å². The fourth-order valence-corrected chi connectivity index (χ4v) is 3.28. The van der Waals surface area contributed by atoms with E-state index in [0.717, 1.165) is 33.8 Å². The van der Waals surface area contributed by atoms with E-state index in [-0.39, 0.29) is 0 Å². The molecule has 5 aromatic rings. The van der Waals surface area contributed by atoms with Gasteiger partial charge < -0.3 is 4.90 Å². The van der Waals surface area contributed by atoms with Crippen LogP contribution in [0.25, 0.3) is 28.2 Å².